The van der Waals surface area contributed by atoms with Crippen molar-refractivity contribution in [3.8, 4) is 5.75 Å². The SMILES string of the molecule is CCC(=O)N1CCc2ccc(NC(=O)COc3cc(C)cc(C)c3C)cc2C1. The molecule has 0 bridgehead atoms. The van der Waals surface area contributed by atoms with Crippen molar-refractivity contribution in [1.82, 2.24) is 4.90 Å². The summed E-state index contributed by atoms with van der Waals surface area (Å²) in [6, 6.07) is 9.96. The van der Waals surface area contributed by atoms with Crippen LogP contribution < -0.4 is 10.1 Å². The fraction of sp³-hybridized carbons (Fsp3) is 0.391. The summed E-state index contributed by atoms with van der Waals surface area (Å²) in [6.07, 6.45) is 1.37. The Hall–Kier alpha value is -2.82. The van der Waals surface area contributed by atoms with Crippen LogP contribution in [0.3, 0.4) is 0 Å². The molecule has 0 atom stereocenters. The lowest BCUT2D eigenvalue weighted by Crippen LogP contribution is -2.35. The number of hydrogen-bond acceptors (Lipinski definition) is 3. The van der Waals surface area contributed by atoms with E-state index in [4.69, 9.17) is 4.74 Å². The van der Waals surface area contributed by atoms with E-state index in [1.165, 1.54) is 5.56 Å². The number of anilines is 1. The third-order valence-corrected chi connectivity index (χ3v) is 5.28. The standard InChI is InChI=1S/C23H28N2O3/c1-5-23(27)25-9-8-18-6-7-20(12-19(18)13-25)24-22(26)14-28-21-11-15(2)10-16(3)17(21)4/h6-7,10-12H,5,8-9,13-14H2,1-4H3,(H,24,26). The van der Waals surface area contributed by atoms with Gasteiger partial charge >= 0.3 is 0 Å². The lowest BCUT2D eigenvalue weighted by molar-refractivity contribution is -0.131. The van der Waals surface area contributed by atoms with Gasteiger partial charge in [-0.25, -0.2) is 0 Å². The van der Waals surface area contributed by atoms with Gasteiger partial charge in [-0.1, -0.05) is 19.1 Å². The molecule has 148 valence electrons. The van der Waals surface area contributed by atoms with Gasteiger partial charge in [0.05, 0.1) is 0 Å². The third kappa shape index (κ3) is 4.53. The second-order valence-electron chi connectivity index (χ2n) is 7.44. The first kappa shape index (κ1) is 19.9. The van der Waals surface area contributed by atoms with Crippen LogP contribution in [-0.4, -0.2) is 29.9 Å². The van der Waals surface area contributed by atoms with Crippen LogP contribution >= 0.6 is 0 Å². The quantitative estimate of drug-likeness (QED) is 0.855. The van der Waals surface area contributed by atoms with Gasteiger partial charge in [0, 0.05) is 25.2 Å². The monoisotopic (exact) mass is 380 g/mol. The minimum absolute atomic E-state index is 0.0404. The Bertz CT molecular complexity index is 905. The molecule has 5 heteroatoms. The summed E-state index contributed by atoms with van der Waals surface area (Å²) < 4.78 is 5.74. The predicted octanol–water partition coefficient (Wildman–Crippen LogP) is 3.92. The zero-order chi connectivity index (χ0) is 20.3. The molecule has 2 amide bonds. The molecule has 0 unspecified atom stereocenters. The van der Waals surface area contributed by atoms with Gasteiger partial charge in [-0.3, -0.25) is 9.59 Å². The Balaban J connectivity index is 1.63. The fourth-order valence-electron chi connectivity index (χ4n) is 3.56. The molecule has 0 spiro atoms. The van der Waals surface area contributed by atoms with Gasteiger partial charge in [0.1, 0.15) is 5.75 Å². The molecule has 0 aromatic heterocycles. The molecule has 1 N–H and O–H groups in total. The van der Waals surface area contributed by atoms with Gasteiger partial charge in [0.15, 0.2) is 6.61 Å². The van der Waals surface area contributed by atoms with E-state index in [2.05, 4.69) is 11.4 Å². The first-order valence-corrected chi connectivity index (χ1v) is 9.77. The van der Waals surface area contributed by atoms with Crippen molar-refractivity contribution in [2.75, 3.05) is 18.5 Å². The molecule has 1 heterocycles. The van der Waals surface area contributed by atoms with Crippen LogP contribution in [-0.2, 0) is 22.6 Å². The molecule has 28 heavy (non-hydrogen) atoms. The highest BCUT2D eigenvalue weighted by Gasteiger charge is 2.20. The molecule has 5 nitrogen and oxygen atoms in total. The molecule has 2 aromatic rings. The topological polar surface area (TPSA) is 58.6 Å². The largest absolute Gasteiger partial charge is 0.483 e. The third-order valence-electron chi connectivity index (χ3n) is 5.28. The minimum Gasteiger partial charge on any atom is -0.483 e. The molecule has 0 fully saturated rings. The average molecular weight is 380 g/mol. The Morgan fingerprint density at radius 3 is 2.64 bits per heavy atom. The summed E-state index contributed by atoms with van der Waals surface area (Å²) in [7, 11) is 0. The van der Waals surface area contributed by atoms with Gasteiger partial charge in [0.25, 0.3) is 5.91 Å². The number of aryl methyl sites for hydroxylation is 2. The number of amides is 2. The summed E-state index contributed by atoms with van der Waals surface area (Å²) in [6.45, 7) is 9.24. The van der Waals surface area contributed by atoms with Gasteiger partial charge in [-0.2, -0.15) is 0 Å². The number of ether oxygens (including phenoxy) is 1. The van der Waals surface area contributed by atoms with Crippen LogP contribution in [0.5, 0.6) is 5.75 Å². The predicted molar refractivity (Wildman–Crippen MR) is 111 cm³/mol. The summed E-state index contributed by atoms with van der Waals surface area (Å²) in [5.41, 5.74) is 6.37. The smallest absolute Gasteiger partial charge is 0.262 e. The van der Waals surface area contributed by atoms with Gasteiger partial charge in [0.2, 0.25) is 5.91 Å². The summed E-state index contributed by atoms with van der Waals surface area (Å²) in [4.78, 5) is 26.2. The summed E-state index contributed by atoms with van der Waals surface area (Å²) >= 11 is 0. The van der Waals surface area contributed by atoms with E-state index in [1.807, 2.05) is 56.9 Å². The van der Waals surface area contributed by atoms with Crippen LogP contribution in [0.4, 0.5) is 5.69 Å². The molecule has 0 radical (unpaired) electrons. The van der Waals surface area contributed by atoms with Crippen molar-refractivity contribution in [2.45, 2.75) is 47.1 Å². The second-order valence-corrected chi connectivity index (χ2v) is 7.44. The van der Waals surface area contributed by atoms with E-state index >= 15 is 0 Å². The van der Waals surface area contributed by atoms with Crippen LogP contribution in [0, 0.1) is 20.8 Å². The second kappa shape index (κ2) is 8.46. The number of benzene rings is 2. The lowest BCUT2D eigenvalue weighted by atomic mass is 9.99. The Morgan fingerprint density at radius 2 is 1.89 bits per heavy atom. The van der Waals surface area contributed by atoms with Gasteiger partial charge < -0.3 is 15.0 Å². The molecule has 0 saturated carbocycles. The van der Waals surface area contributed by atoms with Crippen molar-refractivity contribution in [2.24, 2.45) is 0 Å². The highest BCUT2D eigenvalue weighted by Crippen LogP contribution is 2.24. The molecular formula is C23H28N2O3. The van der Waals surface area contributed by atoms with Crippen molar-refractivity contribution in [1.29, 1.82) is 0 Å². The number of rotatable bonds is 5. The molecule has 3 rings (SSSR count). The van der Waals surface area contributed by atoms with E-state index < -0.39 is 0 Å². The number of nitrogens with one attached hydrogen (secondary N) is 1. The molecule has 0 saturated heterocycles. The Morgan fingerprint density at radius 1 is 1.11 bits per heavy atom. The summed E-state index contributed by atoms with van der Waals surface area (Å²) in [5, 5.41) is 2.90. The van der Waals surface area contributed by atoms with Gasteiger partial charge in [-0.15, -0.1) is 0 Å². The van der Waals surface area contributed by atoms with Crippen molar-refractivity contribution in [3.63, 3.8) is 0 Å². The van der Waals surface area contributed by atoms with Gasteiger partial charge in [-0.05, 0) is 73.2 Å². The zero-order valence-corrected chi connectivity index (χ0v) is 17.1. The van der Waals surface area contributed by atoms with Crippen molar-refractivity contribution in [3.05, 3.63) is 58.1 Å². The Labute approximate surface area is 166 Å². The van der Waals surface area contributed by atoms with Crippen LogP contribution in [0.25, 0.3) is 0 Å². The fourth-order valence-corrected chi connectivity index (χ4v) is 3.56. The number of nitrogens with zero attached hydrogens (tertiary/aromatic N) is 1. The van der Waals surface area contributed by atoms with E-state index in [9.17, 15) is 9.59 Å². The molecule has 2 aromatic carbocycles. The lowest BCUT2D eigenvalue weighted by Gasteiger charge is -2.29. The van der Waals surface area contributed by atoms with E-state index in [0.717, 1.165) is 46.7 Å². The van der Waals surface area contributed by atoms with E-state index in [-0.39, 0.29) is 18.4 Å². The van der Waals surface area contributed by atoms with E-state index in [0.29, 0.717) is 13.0 Å². The zero-order valence-electron chi connectivity index (χ0n) is 17.1. The minimum atomic E-state index is -0.198. The average Bonchev–Trinajstić information content (AvgIpc) is 2.68. The maximum atomic E-state index is 12.4. The highest BCUT2D eigenvalue weighted by molar-refractivity contribution is 5.92. The maximum absolute atomic E-state index is 12.4. The summed E-state index contributed by atoms with van der Waals surface area (Å²) in [5.74, 6) is 0.708. The number of carbonyl (C=O) groups excluding carboxylic acids is 2. The molecule has 1 aliphatic rings. The maximum Gasteiger partial charge on any atom is 0.262 e. The van der Waals surface area contributed by atoms with Crippen molar-refractivity contribution >= 4 is 17.5 Å². The van der Waals surface area contributed by atoms with Crippen LogP contribution in [0.1, 0.15) is 41.2 Å². The van der Waals surface area contributed by atoms with Crippen LogP contribution in [0.15, 0.2) is 30.3 Å². The van der Waals surface area contributed by atoms with E-state index in [1.54, 1.807) is 0 Å². The first-order valence-electron chi connectivity index (χ1n) is 9.77. The molecule has 0 aliphatic carbocycles. The normalized spacial score (nSPS) is 13.1. The van der Waals surface area contributed by atoms with Crippen LogP contribution in [0.2, 0.25) is 0 Å². The highest BCUT2D eigenvalue weighted by atomic mass is 16.5. The number of hydrogen-bond donors (Lipinski definition) is 1. The number of carbonyl (C=O) groups is 2. The number of fused-ring (bicyclic) bond motifs is 1. The Kier molecular flexibility index (Phi) is 6.02. The van der Waals surface area contributed by atoms with Crippen molar-refractivity contribution < 1.29 is 14.3 Å². The molecule has 1 aliphatic heterocycles. The molecular weight excluding hydrogens is 352 g/mol. The first-order chi connectivity index (χ1) is 13.4.